The van der Waals surface area contributed by atoms with E-state index >= 15 is 0 Å². The van der Waals surface area contributed by atoms with Gasteiger partial charge in [0.2, 0.25) is 5.91 Å². The SMILES string of the molecule is CCCCCCCCCCCCCCC(O)C(=O)NC(CS(=O)(=O)O)C(O)CCCCCCCCCCCCC. The Kier molecular flexibility index (Phi) is 26.7. The Labute approximate surface area is 247 Å². The number of nitrogens with one attached hydrogen (secondary N) is 1. The van der Waals surface area contributed by atoms with E-state index in [0.717, 1.165) is 44.9 Å². The molecule has 0 heterocycles. The van der Waals surface area contributed by atoms with Crippen LogP contribution < -0.4 is 5.32 Å². The quantitative estimate of drug-likeness (QED) is 0.0498. The average molecular weight is 592 g/mol. The van der Waals surface area contributed by atoms with Crippen molar-refractivity contribution in [3.8, 4) is 0 Å². The third-order valence-corrected chi connectivity index (χ3v) is 8.70. The van der Waals surface area contributed by atoms with Gasteiger partial charge < -0.3 is 15.5 Å². The molecule has 0 aromatic rings. The van der Waals surface area contributed by atoms with Crippen LogP contribution in [0.4, 0.5) is 0 Å². The van der Waals surface area contributed by atoms with Crippen molar-refractivity contribution in [2.24, 2.45) is 0 Å². The molecule has 240 valence electrons. The molecule has 0 saturated heterocycles. The smallest absolute Gasteiger partial charge is 0.266 e. The largest absolute Gasteiger partial charge is 0.391 e. The molecule has 0 aliphatic rings. The van der Waals surface area contributed by atoms with E-state index in [4.69, 9.17) is 0 Å². The van der Waals surface area contributed by atoms with E-state index in [-0.39, 0.29) is 0 Å². The van der Waals surface area contributed by atoms with Gasteiger partial charge in [0, 0.05) is 0 Å². The Morgan fingerprint density at radius 3 is 1.25 bits per heavy atom. The van der Waals surface area contributed by atoms with Gasteiger partial charge in [-0.2, -0.15) is 8.42 Å². The van der Waals surface area contributed by atoms with Crippen LogP contribution in [0.1, 0.15) is 174 Å². The van der Waals surface area contributed by atoms with E-state index in [0.29, 0.717) is 12.8 Å². The van der Waals surface area contributed by atoms with Crippen molar-refractivity contribution in [3.63, 3.8) is 0 Å². The van der Waals surface area contributed by atoms with Gasteiger partial charge in [-0.3, -0.25) is 9.35 Å². The molecule has 0 fully saturated rings. The molecule has 7 nitrogen and oxygen atoms in total. The minimum absolute atomic E-state index is 0.302. The molecule has 0 bridgehead atoms. The first-order valence-electron chi connectivity index (χ1n) is 16.8. The highest BCUT2D eigenvalue weighted by molar-refractivity contribution is 7.85. The lowest BCUT2D eigenvalue weighted by Gasteiger charge is -2.24. The maximum absolute atomic E-state index is 12.5. The first-order valence-corrected chi connectivity index (χ1v) is 18.4. The first kappa shape index (κ1) is 39.3. The second-order valence-corrected chi connectivity index (χ2v) is 13.4. The van der Waals surface area contributed by atoms with Crippen LogP contribution >= 0.6 is 0 Å². The number of hydrogen-bond donors (Lipinski definition) is 4. The van der Waals surface area contributed by atoms with Gasteiger partial charge in [-0.05, 0) is 12.8 Å². The summed E-state index contributed by atoms with van der Waals surface area (Å²) in [6.07, 6.45) is 25.5. The molecule has 0 spiro atoms. The number of rotatable bonds is 30. The number of aliphatic hydroxyl groups excluding tert-OH is 2. The fourth-order valence-corrected chi connectivity index (χ4v) is 6.04. The monoisotopic (exact) mass is 591 g/mol. The lowest BCUT2D eigenvalue weighted by atomic mass is 10.0. The molecule has 4 N–H and O–H groups in total. The highest BCUT2D eigenvalue weighted by atomic mass is 32.2. The maximum atomic E-state index is 12.5. The Morgan fingerprint density at radius 2 is 0.900 bits per heavy atom. The number of carbonyl (C=O) groups is 1. The summed E-state index contributed by atoms with van der Waals surface area (Å²) < 4.78 is 32.3. The van der Waals surface area contributed by atoms with Gasteiger partial charge in [0.25, 0.3) is 10.1 Å². The van der Waals surface area contributed by atoms with Crippen molar-refractivity contribution in [1.82, 2.24) is 5.32 Å². The van der Waals surface area contributed by atoms with Gasteiger partial charge in [-0.25, -0.2) is 0 Å². The minimum Gasteiger partial charge on any atom is -0.391 e. The summed E-state index contributed by atoms with van der Waals surface area (Å²) >= 11 is 0. The highest BCUT2D eigenvalue weighted by Crippen LogP contribution is 2.15. The Hall–Kier alpha value is -0.700. The van der Waals surface area contributed by atoms with Crippen molar-refractivity contribution in [1.29, 1.82) is 0 Å². The minimum atomic E-state index is -4.39. The molecule has 3 atom stereocenters. The van der Waals surface area contributed by atoms with Crippen LogP contribution in [-0.4, -0.2) is 53.1 Å². The van der Waals surface area contributed by atoms with Gasteiger partial charge in [0.1, 0.15) is 6.10 Å². The molecule has 1 amide bonds. The van der Waals surface area contributed by atoms with Gasteiger partial charge in [0.15, 0.2) is 0 Å². The van der Waals surface area contributed by atoms with Gasteiger partial charge in [-0.1, -0.05) is 162 Å². The maximum Gasteiger partial charge on any atom is 0.266 e. The molecule has 0 aromatic carbocycles. The van der Waals surface area contributed by atoms with E-state index in [2.05, 4.69) is 19.2 Å². The molecule has 0 aromatic heterocycles. The third kappa shape index (κ3) is 26.2. The fourth-order valence-electron chi connectivity index (χ4n) is 5.28. The zero-order chi connectivity index (χ0) is 29.9. The number of unbranched alkanes of at least 4 members (excludes halogenated alkanes) is 21. The van der Waals surface area contributed by atoms with Crippen LogP contribution in [0, 0.1) is 0 Å². The van der Waals surface area contributed by atoms with Crippen molar-refractivity contribution in [3.05, 3.63) is 0 Å². The third-order valence-electron chi connectivity index (χ3n) is 7.92. The number of aliphatic hydroxyl groups is 2. The summed E-state index contributed by atoms with van der Waals surface area (Å²) in [5.41, 5.74) is 0. The summed E-state index contributed by atoms with van der Waals surface area (Å²) in [6, 6.07) is -1.14. The molecule has 0 rings (SSSR count). The Balaban J connectivity index is 4.10. The predicted molar refractivity (Wildman–Crippen MR) is 167 cm³/mol. The zero-order valence-corrected chi connectivity index (χ0v) is 26.9. The van der Waals surface area contributed by atoms with Gasteiger partial charge in [-0.15, -0.1) is 0 Å². The van der Waals surface area contributed by atoms with Crippen LogP contribution in [0.25, 0.3) is 0 Å². The number of amides is 1. The first-order chi connectivity index (χ1) is 19.2. The normalized spacial score (nSPS) is 14.2. The highest BCUT2D eigenvalue weighted by Gasteiger charge is 2.28. The summed E-state index contributed by atoms with van der Waals surface area (Å²) in [6.45, 7) is 4.46. The second-order valence-electron chi connectivity index (χ2n) is 11.9. The van der Waals surface area contributed by atoms with E-state index in [1.165, 1.54) is 103 Å². The van der Waals surface area contributed by atoms with Crippen LogP contribution in [-0.2, 0) is 14.9 Å². The van der Waals surface area contributed by atoms with Crippen molar-refractivity contribution in [2.45, 2.75) is 193 Å². The number of hydrogen-bond acceptors (Lipinski definition) is 5. The van der Waals surface area contributed by atoms with Crippen molar-refractivity contribution in [2.75, 3.05) is 5.75 Å². The molecule has 40 heavy (non-hydrogen) atoms. The molecule has 0 radical (unpaired) electrons. The van der Waals surface area contributed by atoms with Crippen molar-refractivity contribution >= 4 is 16.0 Å². The molecule has 0 saturated carbocycles. The lowest BCUT2D eigenvalue weighted by molar-refractivity contribution is -0.131. The summed E-state index contributed by atoms with van der Waals surface area (Å²) in [5.74, 6) is -1.45. The zero-order valence-electron chi connectivity index (χ0n) is 26.1. The molecule has 0 aliphatic carbocycles. The average Bonchev–Trinajstić information content (AvgIpc) is 2.90. The van der Waals surface area contributed by atoms with Crippen LogP contribution in [0.2, 0.25) is 0 Å². The Bertz CT molecular complexity index is 672. The van der Waals surface area contributed by atoms with Crippen LogP contribution in [0.5, 0.6) is 0 Å². The molecular weight excluding hydrogens is 526 g/mol. The van der Waals surface area contributed by atoms with E-state index < -0.39 is 40.0 Å². The molecule has 0 aliphatic heterocycles. The molecular formula is C32H65NO6S. The summed E-state index contributed by atoms with van der Waals surface area (Å²) in [4.78, 5) is 12.5. The number of carbonyl (C=O) groups excluding carboxylic acids is 1. The van der Waals surface area contributed by atoms with Gasteiger partial charge in [0.05, 0.1) is 17.9 Å². The standard InChI is InChI=1S/C32H65NO6S/c1-3-5-7-9-11-13-15-17-19-21-23-25-27-31(35)32(36)33-29(28-40(37,38)39)30(34)26-24-22-20-18-16-14-12-10-8-6-4-2/h29-31,34-35H,3-28H2,1-2H3,(H,33,36)(H,37,38,39). The van der Waals surface area contributed by atoms with Crippen molar-refractivity contribution < 1.29 is 28.0 Å². The van der Waals surface area contributed by atoms with Crippen LogP contribution in [0.3, 0.4) is 0 Å². The van der Waals surface area contributed by atoms with E-state index in [9.17, 15) is 28.0 Å². The van der Waals surface area contributed by atoms with E-state index in [1.807, 2.05) is 0 Å². The van der Waals surface area contributed by atoms with E-state index in [1.54, 1.807) is 0 Å². The summed E-state index contributed by atoms with van der Waals surface area (Å²) in [5, 5.41) is 23.3. The molecule has 3 unspecified atom stereocenters. The summed E-state index contributed by atoms with van der Waals surface area (Å²) in [7, 11) is -4.39. The topological polar surface area (TPSA) is 124 Å². The lowest BCUT2D eigenvalue weighted by Crippen LogP contribution is -2.50. The van der Waals surface area contributed by atoms with Gasteiger partial charge >= 0.3 is 0 Å². The second kappa shape index (κ2) is 27.2. The molecule has 8 heteroatoms. The predicted octanol–water partition coefficient (Wildman–Crippen LogP) is 7.87. The fraction of sp³-hybridized carbons (Fsp3) is 0.969. The van der Waals surface area contributed by atoms with Crippen LogP contribution in [0.15, 0.2) is 0 Å². The Morgan fingerprint density at radius 1 is 0.575 bits per heavy atom.